The van der Waals surface area contributed by atoms with E-state index in [9.17, 15) is 14.9 Å². The van der Waals surface area contributed by atoms with Crippen LogP contribution in [-0.4, -0.2) is 66.6 Å². The fourth-order valence-electron chi connectivity index (χ4n) is 4.89. The molecule has 10 nitrogen and oxygen atoms in total. The van der Waals surface area contributed by atoms with Crippen LogP contribution >= 0.6 is 11.8 Å². The van der Waals surface area contributed by atoms with Crippen molar-refractivity contribution < 1.29 is 14.3 Å². The largest absolute Gasteiger partial charge is 0.381 e. The molecule has 0 spiro atoms. The summed E-state index contributed by atoms with van der Waals surface area (Å²) < 4.78 is 5.38. The van der Waals surface area contributed by atoms with E-state index in [0.717, 1.165) is 11.8 Å². The van der Waals surface area contributed by atoms with Gasteiger partial charge in [0.25, 0.3) is 0 Å². The van der Waals surface area contributed by atoms with Crippen LogP contribution < -0.4 is 16.4 Å². The van der Waals surface area contributed by atoms with Crippen LogP contribution in [-0.2, 0) is 20.7 Å². The van der Waals surface area contributed by atoms with Crippen LogP contribution in [0.3, 0.4) is 0 Å². The van der Waals surface area contributed by atoms with Crippen molar-refractivity contribution in [1.82, 2.24) is 9.88 Å². The molecule has 2 aliphatic rings. The van der Waals surface area contributed by atoms with Gasteiger partial charge in [0.2, 0.25) is 17.5 Å². The van der Waals surface area contributed by atoms with Gasteiger partial charge in [-0.1, -0.05) is 49.0 Å². The number of piperazine rings is 1. The van der Waals surface area contributed by atoms with Crippen LogP contribution in [0.5, 0.6) is 0 Å². The number of thioether (sulfide) groups is 1. The number of ether oxygens (including phenoxy) is 1. The third-order valence-electron chi connectivity index (χ3n) is 7.07. The average molecular weight is 534 g/mol. The zero-order chi connectivity index (χ0) is 27.3. The van der Waals surface area contributed by atoms with E-state index in [1.807, 2.05) is 42.2 Å². The number of amides is 2. The fourth-order valence-corrected chi connectivity index (χ4v) is 5.94. The van der Waals surface area contributed by atoms with Gasteiger partial charge in [0.15, 0.2) is 0 Å². The maximum Gasteiger partial charge on any atom is 0.242 e. The summed E-state index contributed by atoms with van der Waals surface area (Å²) in [7, 11) is 0. The van der Waals surface area contributed by atoms with Crippen molar-refractivity contribution in [2.45, 2.75) is 42.0 Å². The highest BCUT2D eigenvalue weighted by Crippen LogP contribution is 2.42. The van der Waals surface area contributed by atoms with Crippen molar-refractivity contribution in [1.29, 1.82) is 5.26 Å². The Morgan fingerprint density at radius 1 is 1.24 bits per heavy atom. The first-order valence-electron chi connectivity index (χ1n) is 12.6. The molecule has 0 radical (unpaired) electrons. The van der Waals surface area contributed by atoms with Crippen molar-refractivity contribution >= 4 is 35.1 Å². The number of carbonyl (C=O) groups excluding carboxylic acids is 2. The molecule has 2 saturated heterocycles. The van der Waals surface area contributed by atoms with Crippen LogP contribution in [0.2, 0.25) is 0 Å². The summed E-state index contributed by atoms with van der Waals surface area (Å²) in [6.45, 7) is 12.5. The molecular formula is C27H31N7O3S. The number of anilines is 1. The number of carbonyl (C=O) groups is 2. The Balaban J connectivity index is 1.64. The van der Waals surface area contributed by atoms with Crippen molar-refractivity contribution in [3.63, 3.8) is 0 Å². The van der Waals surface area contributed by atoms with Crippen LogP contribution in [0.15, 0.2) is 35.4 Å². The monoisotopic (exact) mass is 533 g/mol. The molecule has 4 N–H and O–H groups in total. The second-order valence-electron chi connectivity index (χ2n) is 9.38. The predicted octanol–water partition coefficient (Wildman–Crippen LogP) is 2.54. The molecule has 1 atom stereocenters. The molecule has 38 heavy (non-hydrogen) atoms. The minimum Gasteiger partial charge on any atom is -0.381 e. The number of rotatable bonds is 7. The number of hydrogen-bond donors (Lipinski definition) is 2. The Hall–Kier alpha value is -3.64. The van der Waals surface area contributed by atoms with Crippen LogP contribution in [0.25, 0.3) is 4.85 Å². The molecule has 2 fully saturated rings. The summed E-state index contributed by atoms with van der Waals surface area (Å²) in [5.41, 5.74) is 13.2. The van der Waals surface area contributed by atoms with E-state index in [4.69, 9.17) is 27.8 Å². The van der Waals surface area contributed by atoms with Gasteiger partial charge in [-0.05, 0) is 30.4 Å². The summed E-state index contributed by atoms with van der Waals surface area (Å²) in [6, 6.07) is 11.3. The second-order valence-corrected chi connectivity index (χ2v) is 10.5. The van der Waals surface area contributed by atoms with Gasteiger partial charge < -0.3 is 26.0 Å². The molecule has 3 heterocycles. The highest BCUT2D eigenvalue weighted by molar-refractivity contribution is 8.00. The topological polar surface area (TPSA) is 143 Å². The standard InChI is InChI=1S/C27H31N7O3S/c1-3-19-20(17-28)25(38-22(23(29)35)18-7-5-4-6-8-18)32-24(21(19)31-2)33-11-13-34(14-12-33)26(36)27(30)9-15-37-16-10-27/h4-8,22H,3,9-16,30H2,1H3,(H2,29,35). The second kappa shape index (κ2) is 11.8. The highest BCUT2D eigenvalue weighted by atomic mass is 32.2. The Labute approximate surface area is 226 Å². The third kappa shape index (κ3) is 5.46. The quantitative estimate of drug-likeness (QED) is 0.408. The highest BCUT2D eigenvalue weighted by Gasteiger charge is 2.40. The number of nitriles is 1. The van der Waals surface area contributed by atoms with E-state index in [2.05, 4.69) is 10.9 Å². The molecule has 198 valence electrons. The van der Waals surface area contributed by atoms with Gasteiger partial charge in [-0.3, -0.25) is 9.59 Å². The van der Waals surface area contributed by atoms with Gasteiger partial charge in [-0.15, -0.1) is 0 Å². The third-order valence-corrected chi connectivity index (χ3v) is 8.32. The van der Waals surface area contributed by atoms with Crippen molar-refractivity contribution in [2.75, 3.05) is 44.3 Å². The van der Waals surface area contributed by atoms with Crippen LogP contribution in [0.1, 0.15) is 41.7 Å². The molecule has 2 aromatic rings. The van der Waals surface area contributed by atoms with E-state index in [1.54, 1.807) is 4.90 Å². The molecule has 4 rings (SSSR count). The van der Waals surface area contributed by atoms with Crippen molar-refractivity contribution in [3.8, 4) is 6.07 Å². The van der Waals surface area contributed by atoms with Gasteiger partial charge in [0.05, 0.1) is 17.7 Å². The normalized spacial score (nSPS) is 17.8. The van der Waals surface area contributed by atoms with Crippen LogP contribution in [0, 0.1) is 17.9 Å². The zero-order valence-corrected chi connectivity index (χ0v) is 22.2. The predicted molar refractivity (Wildman–Crippen MR) is 145 cm³/mol. The average Bonchev–Trinajstić information content (AvgIpc) is 2.95. The first kappa shape index (κ1) is 27.4. The van der Waals surface area contributed by atoms with E-state index in [1.165, 1.54) is 0 Å². The lowest BCUT2D eigenvalue weighted by atomic mass is 9.89. The first-order valence-corrected chi connectivity index (χ1v) is 13.5. The van der Waals surface area contributed by atoms with Crippen molar-refractivity contribution in [3.05, 3.63) is 58.4 Å². The van der Waals surface area contributed by atoms with E-state index in [-0.39, 0.29) is 11.5 Å². The van der Waals surface area contributed by atoms with Gasteiger partial charge in [-0.2, -0.15) is 5.26 Å². The Kier molecular flexibility index (Phi) is 8.52. The molecule has 0 aliphatic carbocycles. The van der Waals surface area contributed by atoms with E-state index < -0.39 is 16.7 Å². The molecule has 2 amide bonds. The molecule has 1 aromatic heterocycles. The number of nitrogens with two attached hydrogens (primary N) is 2. The maximum atomic E-state index is 13.2. The van der Waals surface area contributed by atoms with E-state index >= 15 is 0 Å². The van der Waals surface area contributed by atoms with Crippen molar-refractivity contribution in [2.24, 2.45) is 11.5 Å². The molecule has 1 unspecified atom stereocenters. The molecule has 0 bridgehead atoms. The van der Waals surface area contributed by atoms with Gasteiger partial charge in [-0.25, -0.2) is 9.83 Å². The molecule has 1 aromatic carbocycles. The summed E-state index contributed by atoms with van der Waals surface area (Å²) in [5, 5.41) is 9.63. The minimum atomic E-state index is -0.908. The molecular weight excluding hydrogens is 502 g/mol. The Morgan fingerprint density at radius 3 is 2.45 bits per heavy atom. The van der Waals surface area contributed by atoms with Crippen LogP contribution in [0.4, 0.5) is 11.5 Å². The first-order chi connectivity index (χ1) is 18.3. The van der Waals surface area contributed by atoms with Gasteiger partial charge >= 0.3 is 0 Å². The lowest BCUT2D eigenvalue weighted by Crippen LogP contribution is -2.61. The summed E-state index contributed by atoms with van der Waals surface area (Å²) in [6.07, 6.45) is 1.44. The fraction of sp³-hybridized carbons (Fsp3) is 0.444. The number of benzene rings is 1. The summed E-state index contributed by atoms with van der Waals surface area (Å²) in [5.74, 6) is -0.164. The summed E-state index contributed by atoms with van der Waals surface area (Å²) >= 11 is 1.12. The lowest BCUT2D eigenvalue weighted by Gasteiger charge is -2.41. The lowest BCUT2D eigenvalue weighted by molar-refractivity contribution is -0.140. The number of primary amides is 1. The molecule has 11 heteroatoms. The molecule has 2 aliphatic heterocycles. The SMILES string of the molecule is [C-]#[N+]c1c(N2CCN(C(=O)C3(N)CCOCC3)CC2)nc(SC(C(N)=O)c2ccccc2)c(C#N)c1CC. The Morgan fingerprint density at radius 2 is 1.89 bits per heavy atom. The van der Waals surface area contributed by atoms with Gasteiger partial charge in [0, 0.05) is 39.4 Å². The van der Waals surface area contributed by atoms with E-state index in [0.29, 0.717) is 86.3 Å². The minimum absolute atomic E-state index is 0.0729. The van der Waals surface area contributed by atoms with Gasteiger partial charge in [0.1, 0.15) is 22.2 Å². The molecule has 0 saturated carbocycles. The smallest absolute Gasteiger partial charge is 0.242 e. The number of hydrogen-bond acceptors (Lipinski definition) is 8. The summed E-state index contributed by atoms with van der Waals surface area (Å²) in [4.78, 5) is 37.8. The Bertz CT molecular complexity index is 1270. The number of pyridine rings is 1. The zero-order valence-electron chi connectivity index (χ0n) is 21.4. The number of nitrogens with zero attached hydrogens (tertiary/aromatic N) is 5. The number of aromatic nitrogens is 1. The maximum absolute atomic E-state index is 13.2.